The van der Waals surface area contributed by atoms with Gasteiger partial charge in [0.1, 0.15) is 0 Å². The van der Waals surface area contributed by atoms with Gasteiger partial charge in [0.05, 0.1) is 11.0 Å². The summed E-state index contributed by atoms with van der Waals surface area (Å²) in [6.45, 7) is 3.37. The molecular weight excluding hydrogens is 158 g/mol. The molecule has 1 rings (SSSR count). The number of hydrogen-bond acceptors (Lipinski definition) is 3. The van der Waals surface area contributed by atoms with E-state index in [9.17, 15) is 10.1 Å². The van der Waals surface area contributed by atoms with Gasteiger partial charge in [-0.15, -0.1) is 0 Å². The van der Waals surface area contributed by atoms with E-state index >= 15 is 0 Å². The SMILES string of the molecule is [CH2]C(O)c1ccc([N+](=O)[O-])cc1. The largest absolute Gasteiger partial charge is 0.388 e. The van der Waals surface area contributed by atoms with E-state index in [1.54, 1.807) is 0 Å². The zero-order chi connectivity index (χ0) is 9.14. The lowest BCUT2D eigenvalue weighted by molar-refractivity contribution is -0.384. The minimum atomic E-state index is -0.828. The predicted octanol–water partition coefficient (Wildman–Crippen LogP) is 1.46. The van der Waals surface area contributed by atoms with Crippen LogP contribution in [0.5, 0.6) is 0 Å². The van der Waals surface area contributed by atoms with Crippen LogP contribution in [0.4, 0.5) is 5.69 Å². The standard InChI is InChI=1S/C8H8NO3/c1-6(10)7-2-4-8(5-3-7)9(11)12/h2-6,10H,1H2. The summed E-state index contributed by atoms with van der Waals surface area (Å²) in [5, 5.41) is 19.2. The minimum absolute atomic E-state index is 0.0133. The van der Waals surface area contributed by atoms with Crippen molar-refractivity contribution in [1.82, 2.24) is 0 Å². The van der Waals surface area contributed by atoms with Crippen molar-refractivity contribution in [1.29, 1.82) is 0 Å². The van der Waals surface area contributed by atoms with Crippen LogP contribution in [-0.4, -0.2) is 10.0 Å². The number of rotatable bonds is 2. The van der Waals surface area contributed by atoms with Crippen LogP contribution in [0.25, 0.3) is 0 Å². The van der Waals surface area contributed by atoms with Crippen molar-refractivity contribution in [2.45, 2.75) is 6.10 Å². The van der Waals surface area contributed by atoms with Crippen LogP contribution in [0, 0.1) is 17.0 Å². The molecule has 12 heavy (non-hydrogen) atoms. The Balaban J connectivity index is 2.93. The van der Waals surface area contributed by atoms with Crippen molar-refractivity contribution < 1.29 is 10.0 Å². The number of benzene rings is 1. The zero-order valence-corrected chi connectivity index (χ0v) is 6.30. The van der Waals surface area contributed by atoms with Crippen molar-refractivity contribution in [3.63, 3.8) is 0 Å². The second-order valence-electron chi connectivity index (χ2n) is 2.36. The van der Waals surface area contributed by atoms with Gasteiger partial charge in [-0.1, -0.05) is 0 Å². The average molecular weight is 166 g/mol. The van der Waals surface area contributed by atoms with Crippen molar-refractivity contribution in [3.05, 3.63) is 46.9 Å². The highest BCUT2D eigenvalue weighted by molar-refractivity contribution is 5.33. The molecule has 0 aliphatic rings. The molecule has 63 valence electrons. The molecule has 0 heterocycles. The highest BCUT2D eigenvalue weighted by Gasteiger charge is 2.05. The van der Waals surface area contributed by atoms with Crippen LogP contribution in [0.15, 0.2) is 24.3 Å². The van der Waals surface area contributed by atoms with Gasteiger partial charge in [0.15, 0.2) is 0 Å². The summed E-state index contributed by atoms with van der Waals surface area (Å²) < 4.78 is 0. The molecule has 0 amide bonds. The third-order valence-corrected chi connectivity index (χ3v) is 1.49. The number of aliphatic hydroxyl groups excluding tert-OH is 1. The highest BCUT2D eigenvalue weighted by atomic mass is 16.6. The molecule has 1 aromatic carbocycles. The molecule has 1 aromatic rings. The summed E-state index contributed by atoms with van der Waals surface area (Å²) >= 11 is 0. The molecule has 1 atom stereocenters. The van der Waals surface area contributed by atoms with Crippen molar-refractivity contribution >= 4 is 5.69 Å². The van der Waals surface area contributed by atoms with E-state index in [1.165, 1.54) is 24.3 Å². The van der Waals surface area contributed by atoms with Gasteiger partial charge in [-0.05, 0) is 24.6 Å². The molecule has 4 nitrogen and oxygen atoms in total. The number of aliphatic hydroxyl groups is 1. The molecule has 1 unspecified atom stereocenters. The molecule has 0 saturated heterocycles. The van der Waals surface area contributed by atoms with Gasteiger partial charge in [-0.3, -0.25) is 10.1 Å². The Labute approximate surface area is 69.6 Å². The van der Waals surface area contributed by atoms with Gasteiger partial charge in [0.2, 0.25) is 0 Å². The lowest BCUT2D eigenvalue weighted by Gasteiger charge is -2.01. The van der Waals surface area contributed by atoms with Crippen molar-refractivity contribution in [2.75, 3.05) is 0 Å². The fraction of sp³-hybridized carbons (Fsp3) is 0.125. The van der Waals surface area contributed by atoms with E-state index in [0.29, 0.717) is 5.56 Å². The Bertz CT molecular complexity index is 279. The van der Waals surface area contributed by atoms with Crippen LogP contribution in [-0.2, 0) is 0 Å². The third kappa shape index (κ3) is 1.79. The van der Waals surface area contributed by atoms with Gasteiger partial charge in [0.25, 0.3) is 5.69 Å². The van der Waals surface area contributed by atoms with Crippen LogP contribution in [0.2, 0.25) is 0 Å². The van der Waals surface area contributed by atoms with Gasteiger partial charge in [0, 0.05) is 12.1 Å². The summed E-state index contributed by atoms with van der Waals surface area (Å²) in [6, 6.07) is 5.64. The smallest absolute Gasteiger partial charge is 0.269 e. The number of nitrogens with zero attached hydrogens (tertiary/aromatic N) is 1. The Morgan fingerprint density at radius 2 is 1.92 bits per heavy atom. The molecule has 0 saturated carbocycles. The van der Waals surface area contributed by atoms with E-state index in [2.05, 4.69) is 6.92 Å². The summed E-state index contributed by atoms with van der Waals surface area (Å²) in [4.78, 5) is 9.72. The molecule has 4 heteroatoms. The second-order valence-corrected chi connectivity index (χ2v) is 2.36. The Kier molecular flexibility index (Phi) is 2.40. The predicted molar refractivity (Wildman–Crippen MR) is 43.4 cm³/mol. The first-order valence-corrected chi connectivity index (χ1v) is 3.37. The van der Waals surface area contributed by atoms with Crippen molar-refractivity contribution in [3.8, 4) is 0 Å². The monoisotopic (exact) mass is 166 g/mol. The summed E-state index contributed by atoms with van der Waals surface area (Å²) in [7, 11) is 0. The van der Waals surface area contributed by atoms with Crippen LogP contribution >= 0.6 is 0 Å². The van der Waals surface area contributed by atoms with E-state index in [-0.39, 0.29) is 5.69 Å². The number of non-ortho nitro benzene ring substituents is 1. The summed E-state index contributed by atoms with van der Waals surface area (Å²) in [6.07, 6.45) is -0.828. The zero-order valence-electron chi connectivity index (χ0n) is 6.30. The van der Waals surface area contributed by atoms with Crippen molar-refractivity contribution in [2.24, 2.45) is 0 Å². The number of nitro benzene ring substituents is 1. The molecule has 0 fully saturated rings. The first-order valence-electron chi connectivity index (χ1n) is 3.37. The molecule has 0 aliphatic carbocycles. The number of hydrogen-bond donors (Lipinski definition) is 1. The molecule has 0 aromatic heterocycles. The van der Waals surface area contributed by atoms with Crippen LogP contribution < -0.4 is 0 Å². The fourth-order valence-corrected chi connectivity index (χ4v) is 0.818. The quantitative estimate of drug-likeness (QED) is 0.534. The van der Waals surface area contributed by atoms with E-state index in [0.717, 1.165) is 0 Å². The van der Waals surface area contributed by atoms with Crippen LogP contribution in [0.1, 0.15) is 11.7 Å². The average Bonchev–Trinajstić information content (AvgIpc) is 2.04. The summed E-state index contributed by atoms with van der Waals surface area (Å²) in [5.74, 6) is 0. The fourth-order valence-electron chi connectivity index (χ4n) is 0.818. The highest BCUT2D eigenvalue weighted by Crippen LogP contribution is 2.16. The lowest BCUT2D eigenvalue weighted by Crippen LogP contribution is -1.92. The molecule has 0 bridgehead atoms. The Hall–Kier alpha value is -1.42. The first kappa shape index (κ1) is 8.67. The Morgan fingerprint density at radius 3 is 2.25 bits per heavy atom. The first-order chi connectivity index (χ1) is 5.61. The maximum Gasteiger partial charge on any atom is 0.269 e. The van der Waals surface area contributed by atoms with E-state index in [4.69, 9.17) is 5.11 Å². The maximum atomic E-state index is 10.2. The molecule has 0 spiro atoms. The minimum Gasteiger partial charge on any atom is -0.388 e. The third-order valence-electron chi connectivity index (χ3n) is 1.49. The van der Waals surface area contributed by atoms with Crippen LogP contribution in [0.3, 0.4) is 0 Å². The second kappa shape index (κ2) is 3.32. The molecule has 1 radical (unpaired) electrons. The Morgan fingerprint density at radius 1 is 1.42 bits per heavy atom. The van der Waals surface area contributed by atoms with E-state index in [1.807, 2.05) is 0 Å². The van der Waals surface area contributed by atoms with Gasteiger partial charge in [-0.2, -0.15) is 0 Å². The molecular formula is C8H8NO3. The van der Waals surface area contributed by atoms with E-state index < -0.39 is 11.0 Å². The molecule has 1 N–H and O–H groups in total. The van der Waals surface area contributed by atoms with Gasteiger partial charge in [-0.25, -0.2) is 0 Å². The molecule has 0 aliphatic heterocycles. The van der Waals surface area contributed by atoms with Gasteiger partial charge < -0.3 is 5.11 Å². The number of nitro groups is 1. The summed E-state index contributed by atoms with van der Waals surface area (Å²) in [5.41, 5.74) is 0.583. The topological polar surface area (TPSA) is 63.4 Å². The van der Waals surface area contributed by atoms with Gasteiger partial charge >= 0.3 is 0 Å². The normalized spacial score (nSPS) is 12.5. The maximum absolute atomic E-state index is 10.2. The lowest BCUT2D eigenvalue weighted by atomic mass is 10.1.